The number of aromatic nitrogens is 2. The van der Waals surface area contributed by atoms with Crippen molar-refractivity contribution in [1.29, 1.82) is 0 Å². The molecule has 2 heterocycles. The number of aliphatic hydroxyl groups excluding tert-OH is 1. The van der Waals surface area contributed by atoms with Gasteiger partial charge in [0.2, 0.25) is 0 Å². The molecule has 0 radical (unpaired) electrons. The van der Waals surface area contributed by atoms with Gasteiger partial charge in [-0.1, -0.05) is 29.8 Å². The van der Waals surface area contributed by atoms with Crippen LogP contribution in [0, 0.1) is 13.8 Å². The lowest BCUT2D eigenvalue weighted by Gasteiger charge is -2.41. The zero-order valence-electron chi connectivity index (χ0n) is 15.6. The van der Waals surface area contributed by atoms with Crippen LogP contribution in [0.25, 0.3) is 0 Å². The first-order valence-electron chi connectivity index (χ1n) is 9.17. The van der Waals surface area contributed by atoms with E-state index in [1.165, 1.54) is 16.7 Å². The fourth-order valence-electron chi connectivity index (χ4n) is 3.70. The van der Waals surface area contributed by atoms with Crippen LogP contribution < -0.4 is 0 Å². The Kier molecular flexibility index (Phi) is 5.89. The first-order valence-corrected chi connectivity index (χ1v) is 9.17. The van der Waals surface area contributed by atoms with Gasteiger partial charge in [-0.2, -0.15) is 5.10 Å². The third-order valence-corrected chi connectivity index (χ3v) is 5.17. The summed E-state index contributed by atoms with van der Waals surface area (Å²) in [6.45, 7) is 9.45. The number of piperazine rings is 1. The standard InChI is InChI=1S/C20H30N4O/c1-16-4-6-18(7-5-16)12-24-10-9-23(15-20(24)8-11-25)14-19-13-22(3)21-17(19)2/h4-7,13,20,25H,8-12,14-15H2,1-3H3. The van der Waals surface area contributed by atoms with Crippen LogP contribution >= 0.6 is 0 Å². The Balaban J connectivity index is 1.63. The van der Waals surface area contributed by atoms with E-state index < -0.39 is 0 Å². The molecule has 1 aromatic carbocycles. The number of benzene rings is 1. The lowest BCUT2D eigenvalue weighted by atomic mass is 10.1. The quantitative estimate of drug-likeness (QED) is 0.873. The maximum Gasteiger partial charge on any atom is 0.0638 e. The summed E-state index contributed by atoms with van der Waals surface area (Å²) in [4.78, 5) is 5.02. The molecule has 0 spiro atoms. The molecule has 136 valence electrons. The average Bonchev–Trinajstić information content (AvgIpc) is 2.89. The highest BCUT2D eigenvalue weighted by atomic mass is 16.3. The summed E-state index contributed by atoms with van der Waals surface area (Å²) in [7, 11) is 1.98. The van der Waals surface area contributed by atoms with Gasteiger partial charge in [-0.3, -0.25) is 14.5 Å². The van der Waals surface area contributed by atoms with E-state index in [9.17, 15) is 5.11 Å². The molecule has 1 unspecified atom stereocenters. The predicted octanol–water partition coefficient (Wildman–Crippen LogP) is 2.11. The summed E-state index contributed by atoms with van der Waals surface area (Å²) in [5.74, 6) is 0. The second-order valence-corrected chi connectivity index (χ2v) is 7.27. The predicted molar refractivity (Wildman–Crippen MR) is 100 cm³/mol. The molecular weight excluding hydrogens is 312 g/mol. The third kappa shape index (κ3) is 4.69. The van der Waals surface area contributed by atoms with E-state index in [0.29, 0.717) is 6.04 Å². The Labute approximate surface area is 150 Å². The smallest absolute Gasteiger partial charge is 0.0638 e. The summed E-state index contributed by atoms with van der Waals surface area (Å²) in [5.41, 5.74) is 5.07. The Morgan fingerprint density at radius 1 is 1.12 bits per heavy atom. The third-order valence-electron chi connectivity index (χ3n) is 5.17. The van der Waals surface area contributed by atoms with Gasteiger partial charge in [0.15, 0.2) is 0 Å². The molecule has 0 amide bonds. The minimum absolute atomic E-state index is 0.245. The zero-order valence-corrected chi connectivity index (χ0v) is 15.6. The Morgan fingerprint density at radius 2 is 1.88 bits per heavy atom. The molecule has 0 aliphatic carbocycles. The van der Waals surface area contributed by atoms with Gasteiger partial charge in [0.25, 0.3) is 0 Å². The molecule has 25 heavy (non-hydrogen) atoms. The molecule has 1 fully saturated rings. The molecule has 1 N–H and O–H groups in total. The van der Waals surface area contributed by atoms with Gasteiger partial charge in [-0.05, 0) is 25.8 Å². The van der Waals surface area contributed by atoms with E-state index in [0.717, 1.165) is 44.8 Å². The van der Waals surface area contributed by atoms with Gasteiger partial charge >= 0.3 is 0 Å². The van der Waals surface area contributed by atoms with Crippen molar-refractivity contribution in [3.05, 3.63) is 52.8 Å². The van der Waals surface area contributed by atoms with Crippen molar-refractivity contribution in [2.75, 3.05) is 26.2 Å². The van der Waals surface area contributed by atoms with Gasteiger partial charge in [0.1, 0.15) is 0 Å². The summed E-state index contributed by atoms with van der Waals surface area (Å²) in [6, 6.07) is 9.19. The van der Waals surface area contributed by atoms with Crippen LogP contribution in [0.5, 0.6) is 0 Å². The number of aliphatic hydroxyl groups is 1. The van der Waals surface area contributed by atoms with E-state index in [1.54, 1.807) is 0 Å². The molecular formula is C20H30N4O. The van der Waals surface area contributed by atoms with Crippen molar-refractivity contribution in [3.63, 3.8) is 0 Å². The SMILES string of the molecule is Cc1ccc(CN2CCN(Cc3cn(C)nc3C)CC2CCO)cc1. The summed E-state index contributed by atoms with van der Waals surface area (Å²) < 4.78 is 1.89. The van der Waals surface area contributed by atoms with Crippen molar-refractivity contribution in [3.8, 4) is 0 Å². The minimum atomic E-state index is 0.245. The number of aryl methyl sites for hydroxylation is 3. The number of nitrogens with zero attached hydrogens (tertiary/aromatic N) is 4. The number of rotatable bonds is 6. The van der Waals surface area contributed by atoms with Crippen molar-refractivity contribution in [1.82, 2.24) is 19.6 Å². The van der Waals surface area contributed by atoms with Gasteiger partial charge in [0, 0.05) is 64.2 Å². The van der Waals surface area contributed by atoms with Crippen molar-refractivity contribution < 1.29 is 5.11 Å². The topological polar surface area (TPSA) is 44.5 Å². The summed E-state index contributed by atoms with van der Waals surface area (Å²) in [5, 5.41) is 14.0. The molecule has 3 rings (SSSR count). The van der Waals surface area contributed by atoms with Crippen LogP contribution in [0.3, 0.4) is 0 Å². The molecule has 0 bridgehead atoms. The van der Waals surface area contributed by atoms with Gasteiger partial charge in [-0.15, -0.1) is 0 Å². The molecule has 1 aromatic heterocycles. The van der Waals surface area contributed by atoms with Crippen molar-refractivity contribution in [2.45, 2.75) is 39.4 Å². The monoisotopic (exact) mass is 342 g/mol. The Bertz CT molecular complexity index is 680. The van der Waals surface area contributed by atoms with Crippen LogP contribution in [0.2, 0.25) is 0 Å². The highest BCUT2D eigenvalue weighted by molar-refractivity contribution is 5.21. The summed E-state index contributed by atoms with van der Waals surface area (Å²) >= 11 is 0. The van der Waals surface area contributed by atoms with Crippen molar-refractivity contribution in [2.24, 2.45) is 7.05 Å². The van der Waals surface area contributed by atoms with E-state index in [1.807, 2.05) is 11.7 Å². The van der Waals surface area contributed by atoms with Crippen LogP contribution in [-0.2, 0) is 20.1 Å². The molecule has 1 aliphatic rings. The fourth-order valence-corrected chi connectivity index (χ4v) is 3.70. The molecule has 1 atom stereocenters. The molecule has 5 heteroatoms. The lowest BCUT2D eigenvalue weighted by Crippen LogP contribution is -2.52. The second-order valence-electron chi connectivity index (χ2n) is 7.27. The minimum Gasteiger partial charge on any atom is -0.396 e. The molecule has 2 aromatic rings. The molecule has 1 aliphatic heterocycles. The number of hydrogen-bond donors (Lipinski definition) is 1. The number of hydrogen-bond acceptors (Lipinski definition) is 4. The maximum atomic E-state index is 9.50. The first-order chi connectivity index (χ1) is 12.0. The highest BCUT2D eigenvalue weighted by Gasteiger charge is 2.27. The van der Waals surface area contributed by atoms with Crippen LogP contribution in [0.4, 0.5) is 0 Å². The van der Waals surface area contributed by atoms with Crippen LogP contribution in [0.1, 0.15) is 28.8 Å². The summed E-state index contributed by atoms with van der Waals surface area (Å²) in [6.07, 6.45) is 2.95. The highest BCUT2D eigenvalue weighted by Crippen LogP contribution is 2.19. The molecule has 0 saturated carbocycles. The second kappa shape index (κ2) is 8.13. The normalized spacial score (nSPS) is 19.4. The van der Waals surface area contributed by atoms with Gasteiger partial charge in [-0.25, -0.2) is 0 Å². The maximum absolute atomic E-state index is 9.50. The van der Waals surface area contributed by atoms with E-state index in [-0.39, 0.29) is 6.61 Å². The Hall–Kier alpha value is -1.69. The van der Waals surface area contributed by atoms with Gasteiger partial charge < -0.3 is 5.11 Å². The van der Waals surface area contributed by atoms with Crippen LogP contribution in [-0.4, -0.2) is 57.0 Å². The average molecular weight is 342 g/mol. The van der Waals surface area contributed by atoms with E-state index in [2.05, 4.69) is 59.2 Å². The molecule has 1 saturated heterocycles. The largest absolute Gasteiger partial charge is 0.396 e. The first kappa shape index (κ1) is 18.1. The fraction of sp³-hybridized carbons (Fsp3) is 0.550. The zero-order chi connectivity index (χ0) is 17.8. The van der Waals surface area contributed by atoms with Gasteiger partial charge in [0.05, 0.1) is 5.69 Å². The lowest BCUT2D eigenvalue weighted by molar-refractivity contribution is 0.0499. The van der Waals surface area contributed by atoms with Crippen LogP contribution in [0.15, 0.2) is 30.5 Å². The Morgan fingerprint density at radius 3 is 2.52 bits per heavy atom. The van der Waals surface area contributed by atoms with Crippen molar-refractivity contribution >= 4 is 0 Å². The van der Waals surface area contributed by atoms with E-state index >= 15 is 0 Å². The van der Waals surface area contributed by atoms with E-state index in [4.69, 9.17) is 0 Å². The molecule has 5 nitrogen and oxygen atoms in total.